The highest BCUT2D eigenvalue weighted by Crippen LogP contribution is 2.36. The number of rotatable bonds is 2. The van der Waals surface area contributed by atoms with Crippen LogP contribution in [0.25, 0.3) is 17.8 Å². The number of hydrogen-bond acceptors (Lipinski definition) is 5. The highest BCUT2D eigenvalue weighted by atomic mass is 16.5. The largest absolute Gasteiger partial charge is 0.464 e. The van der Waals surface area contributed by atoms with Crippen LogP contribution in [0.1, 0.15) is 27.2 Å². The van der Waals surface area contributed by atoms with Crippen LogP contribution >= 0.6 is 0 Å². The molecule has 0 aliphatic carbocycles. The van der Waals surface area contributed by atoms with Gasteiger partial charge in [-0.1, -0.05) is 30.4 Å². The molecule has 27 heavy (non-hydrogen) atoms. The smallest absolute Gasteiger partial charge is 0.357 e. The van der Waals surface area contributed by atoms with Crippen LogP contribution in [0.5, 0.6) is 11.5 Å². The van der Waals surface area contributed by atoms with Gasteiger partial charge in [0, 0.05) is 29.1 Å². The predicted molar refractivity (Wildman–Crippen MR) is 102 cm³/mol. The molecule has 0 amide bonds. The van der Waals surface area contributed by atoms with Crippen molar-refractivity contribution in [2.45, 2.75) is 0 Å². The molecule has 2 heterocycles. The molecule has 1 aliphatic rings. The first-order valence-electron chi connectivity index (χ1n) is 8.21. The van der Waals surface area contributed by atoms with Crippen molar-refractivity contribution in [3.05, 3.63) is 71.0 Å². The quantitative estimate of drug-likeness (QED) is 0.548. The van der Waals surface area contributed by atoms with Crippen molar-refractivity contribution in [3.63, 3.8) is 0 Å². The molecule has 6 heteroatoms. The molecule has 0 saturated carbocycles. The van der Waals surface area contributed by atoms with E-state index >= 15 is 0 Å². The lowest BCUT2D eigenvalue weighted by Crippen LogP contribution is -2.11. The van der Waals surface area contributed by atoms with Crippen molar-refractivity contribution in [1.29, 1.82) is 5.26 Å². The molecule has 0 bridgehead atoms. The van der Waals surface area contributed by atoms with Gasteiger partial charge in [0.05, 0.1) is 18.4 Å². The summed E-state index contributed by atoms with van der Waals surface area (Å²) in [4.78, 5) is 12.2. The van der Waals surface area contributed by atoms with E-state index in [1.807, 2.05) is 54.6 Å². The summed E-state index contributed by atoms with van der Waals surface area (Å²) in [7, 11) is 1.27. The second kappa shape index (κ2) is 6.39. The fraction of sp³-hybridized carbons (Fsp3) is 0.0476. The van der Waals surface area contributed by atoms with Crippen LogP contribution in [0.2, 0.25) is 0 Å². The molecule has 6 nitrogen and oxygen atoms in total. The van der Waals surface area contributed by atoms with Crippen molar-refractivity contribution >= 4 is 23.8 Å². The van der Waals surface area contributed by atoms with Gasteiger partial charge in [-0.15, -0.1) is 0 Å². The number of carbonyl (C=O) groups is 1. The Bertz CT molecular complexity index is 1140. The van der Waals surface area contributed by atoms with E-state index in [1.54, 1.807) is 10.6 Å². The Hall–Kier alpha value is -3.98. The third-order valence-corrected chi connectivity index (χ3v) is 4.40. The molecule has 0 spiro atoms. The van der Waals surface area contributed by atoms with Crippen LogP contribution in [0, 0.1) is 11.3 Å². The average Bonchev–Trinajstić information content (AvgIpc) is 2.91. The molecule has 0 atom stereocenters. The summed E-state index contributed by atoms with van der Waals surface area (Å²) < 4.78 is 12.4. The van der Waals surface area contributed by atoms with E-state index in [-0.39, 0.29) is 16.9 Å². The van der Waals surface area contributed by atoms with Crippen LogP contribution in [0.4, 0.5) is 5.69 Å². The van der Waals surface area contributed by atoms with Gasteiger partial charge in [-0.25, -0.2) is 4.79 Å². The van der Waals surface area contributed by atoms with Crippen LogP contribution in [0.15, 0.2) is 48.7 Å². The molecule has 1 aliphatic heterocycles. The molecular formula is C21H15N3O3. The Morgan fingerprint density at radius 1 is 1.15 bits per heavy atom. The normalized spacial score (nSPS) is 11.6. The summed E-state index contributed by atoms with van der Waals surface area (Å²) >= 11 is 0. The molecule has 0 saturated heterocycles. The number of fused-ring (bicyclic) bond motifs is 2. The zero-order valence-electron chi connectivity index (χ0n) is 14.5. The summed E-state index contributed by atoms with van der Waals surface area (Å²) in [5, 5.41) is 9.27. The van der Waals surface area contributed by atoms with Crippen LogP contribution < -0.4 is 10.5 Å². The van der Waals surface area contributed by atoms with Gasteiger partial charge in [-0.05, 0) is 18.2 Å². The van der Waals surface area contributed by atoms with Gasteiger partial charge in [-0.2, -0.15) is 5.26 Å². The Balaban J connectivity index is 1.86. The Morgan fingerprint density at radius 2 is 1.89 bits per heavy atom. The van der Waals surface area contributed by atoms with Crippen LogP contribution in [-0.2, 0) is 4.74 Å². The maximum atomic E-state index is 12.2. The number of esters is 1. The van der Waals surface area contributed by atoms with Crippen molar-refractivity contribution in [3.8, 4) is 23.3 Å². The van der Waals surface area contributed by atoms with Crippen LogP contribution in [0.3, 0.4) is 0 Å². The van der Waals surface area contributed by atoms with Gasteiger partial charge in [0.15, 0.2) is 5.69 Å². The number of hydrogen-bond donors (Lipinski definition) is 1. The fourth-order valence-electron chi connectivity index (χ4n) is 3.03. The monoisotopic (exact) mass is 357 g/mol. The number of aromatic nitrogens is 1. The minimum Gasteiger partial charge on any atom is -0.464 e. The van der Waals surface area contributed by atoms with E-state index in [0.717, 1.165) is 16.9 Å². The second-order valence-electron chi connectivity index (χ2n) is 5.97. The number of carbonyl (C=O) groups excluding carboxylic acids is 1. The van der Waals surface area contributed by atoms with E-state index in [0.29, 0.717) is 11.4 Å². The van der Waals surface area contributed by atoms with Gasteiger partial charge in [0.1, 0.15) is 17.6 Å². The summed E-state index contributed by atoms with van der Waals surface area (Å²) in [6, 6.07) is 15.2. The molecule has 132 valence electrons. The van der Waals surface area contributed by atoms with Crippen molar-refractivity contribution < 1.29 is 14.3 Å². The first-order valence-corrected chi connectivity index (χ1v) is 8.21. The number of benzene rings is 2. The zero-order valence-corrected chi connectivity index (χ0v) is 14.5. The molecular weight excluding hydrogens is 342 g/mol. The lowest BCUT2D eigenvalue weighted by atomic mass is 10.1. The standard InChI is InChI=1S/C21H15N3O3/c1-26-21(25)20-19(23)15(11-22)12-24(20)16-9-8-14-7-6-13-4-2-3-5-17(13)27-18(14)10-16/h2-10,12H,23H2,1H3. The SMILES string of the molecule is COC(=O)c1c(N)c(C#N)cn1-c1ccc2c(c1)Oc1ccccc1C=C2. The van der Waals surface area contributed by atoms with Gasteiger partial charge in [-0.3, -0.25) is 0 Å². The highest BCUT2D eigenvalue weighted by molar-refractivity contribution is 5.96. The molecule has 2 N–H and O–H groups in total. The maximum absolute atomic E-state index is 12.2. The van der Waals surface area contributed by atoms with E-state index in [2.05, 4.69) is 0 Å². The molecule has 0 fully saturated rings. The van der Waals surface area contributed by atoms with Crippen LogP contribution in [-0.4, -0.2) is 17.6 Å². The molecule has 3 aromatic rings. The van der Waals surface area contributed by atoms with Gasteiger partial charge >= 0.3 is 5.97 Å². The van der Waals surface area contributed by atoms with E-state index in [4.69, 9.17) is 15.2 Å². The fourth-order valence-corrected chi connectivity index (χ4v) is 3.03. The van der Waals surface area contributed by atoms with Crippen molar-refractivity contribution in [2.24, 2.45) is 0 Å². The molecule has 0 radical (unpaired) electrons. The summed E-state index contributed by atoms with van der Waals surface area (Å²) in [5.41, 5.74) is 8.88. The summed E-state index contributed by atoms with van der Waals surface area (Å²) in [6.07, 6.45) is 5.48. The third-order valence-electron chi connectivity index (χ3n) is 4.40. The summed E-state index contributed by atoms with van der Waals surface area (Å²) in [6.45, 7) is 0. The molecule has 2 aromatic carbocycles. The number of ether oxygens (including phenoxy) is 2. The van der Waals surface area contributed by atoms with Crippen molar-refractivity contribution in [1.82, 2.24) is 4.57 Å². The molecule has 4 rings (SSSR count). The number of nitrogens with zero attached hydrogens (tertiary/aromatic N) is 2. The number of anilines is 1. The lowest BCUT2D eigenvalue weighted by molar-refractivity contribution is 0.0593. The maximum Gasteiger partial charge on any atom is 0.357 e. The Morgan fingerprint density at radius 3 is 2.63 bits per heavy atom. The first kappa shape index (κ1) is 16.5. The van der Waals surface area contributed by atoms with E-state index in [9.17, 15) is 10.1 Å². The number of nitrogens with two attached hydrogens (primary N) is 1. The van der Waals surface area contributed by atoms with Gasteiger partial charge in [0.2, 0.25) is 0 Å². The molecule has 1 aromatic heterocycles. The minimum absolute atomic E-state index is 0.0884. The minimum atomic E-state index is -0.616. The topological polar surface area (TPSA) is 90.3 Å². The Kier molecular flexibility index (Phi) is 3.90. The first-order chi connectivity index (χ1) is 13.1. The highest BCUT2D eigenvalue weighted by Gasteiger charge is 2.22. The van der Waals surface area contributed by atoms with Crippen molar-refractivity contribution in [2.75, 3.05) is 12.8 Å². The second-order valence-corrected chi connectivity index (χ2v) is 5.97. The predicted octanol–water partition coefficient (Wildman–Crippen LogP) is 3.99. The van der Waals surface area contributed by atoms with E-state index in [1.165, 1.54) is 13.3 Å². The van der Waals surface area contributed by atoms with E-state index < -0.39 is 5.97 Å². The molecule has 0 unspecified atom stereocenters. The number of nitrogen functional groups attached to an aromatic ring is 1. The number of nitriles is 1. The number of methoxy groups -OCH3 is 1. The Labute approximate surface area is 155 Å². The lowest BCUT2D eigenvalue weighted by Gasteiger charge is -2.13. The average molecular weight is 357 g/mol. The summed E-state index contributed by atoms with van der Waals surface area (Å²) in [5.74, 6) is 0.757. The number of para-hydroxylation sites is 1. The van der Waals surface area contributed by atoms with Gasteiger partial charge in [0.25, 0.3) is 0 Å². The van der Waals surface area contributed by atoms with Gasteiger partial charge < -0.3 is 19.8 Å². The zero-order chi connectivity index (χ0) is 19.0. The third kappa shape index (κ3) is 2.71.